The first kappa shape index (κ1) is 22.8. The number of primary sulfonamides is 1. The molecule has 0 fully saturated rings. The van der Waals surface area contributed by atoms with E-state index in [2.05, 4.69) is 0 Å². The molecule has 0 amide bonds. The van der Waals surface area contributed by atoms with Crippen molar-refractivity contribution in [1.82, 2.24) is 9.80 Å². The molecule has 2 rings (SSSR count). The van der Waals surface area contributed by atoms with E-state index in [0.29, 0.717) is 18.8 Å². The molecule has 0 aliphatic heterocycles. The van der Waals surface area contributed by atoms with Crippen LogP contribution in [0.3, 0.4) is 0 Å². The van der Waals surface area contributed by atoms with Crippen LogP contribution in [0, 0.1) is 10.1 Å². The molecule has 1 aromatic rings. The molecule has 0 spiro atoms. The molecule has 28 heavy (non-hydrogen) atoms. The lowest BCUT2D eigenvalue weighted by atomic mass is 9.88. The van der Waals surface area contributed by atoms with Gasteiger partial charge < -0.3 is 0 Å². The summed E-state index contributed by atoms with van der Waals surface area (Å²) >= 11 is 1.48. The molecule has 1 aliphatic rings. The number of rotatable bonds is 9. The van der Waals surface area contributed by atoms with Gasteiger partial charge in [0.25, 0.3) is 5.66 Å². The highest BCUT2D eigenvalue weighted by molar-refractivity contribution is 7.99. The fourth-order valence-corrected chi connectivity index (χ4v) is 5.84. The Bertz CT molecular complexity index is 816. The number of nitro groups is 1. The molecule has 1 aromatic carbocycles. The number of nitrogens with zero attached hydrogens (tertiary/aromatic N) is 3. The number of sulfonamides is 1. The molecule has 156 valence electrons. The van der Waals surface area contributed by atoms with Gasteiger partial charge in [0.05, 0.1) is 18.7 Å². The van der Waals surface area contributed by atoms with E-state index in [1.54, 1.807) is 25.1 Å². The van der Waals surface area contributed by atoms with E-state index < -0.39 is 25.5 Å². The second kappa shape index (κ2) is 8.91. The van der Waals surface area contributed by atoms with Crippen molar-refractivity contribution in [3.63, 3.8) is 0 Å². The molecule has 8 nitrogen and oxygen atoms in total. The van der Waals surface area contributed by atoms with Crippen LogP contribution in [0.4, 0.5) is 0 Å². The smallest absolute Gasteiger partial charge is 0.270 e. The van der Waals surface area contributed by atoms with Crippen LogP contribution in [0.5, 0.6) is 0 Å². The Hall–Kier alpha value is -1.46. The molecule has 0 saturated carbocycles. The summed E-state index contributed by atoms with van der Waals surface area (Å²) in [6.45, 7) is 2.39. The summed E-state index contributed by atoms with van der Waals surface area (Å²) in [5.74, 6) is 0.347. The van der Waals surface area contributed by atoms with Crippen LogP contribution in [0.15, 0.2) is 47.4 Å². The molecule has 0 aromatic heterocycles. The quantitative estimate of drug-likeness (QED) is 0.211. The molecule has 0 saturated heterocycles. The van der Waals surface area contributed by atoms with Gasteiger partial charge in [0.1, 0.15) is 0 Å². The fraction of sp³-hybridized carbons (Fsp3) is 0.556. The third kappa shape index (κ3) is 4.41. The van der Waals surface area contributed by atoms with Crippen molar-refractivity contribution in [1.29, 1.82) is 0 Å². The molecule has 10 heteroatoms. The van der Waals surface area contributed by atoms with Gasteiger partial charge in [0.15, 0.2) is 4.87 Å². The number of hydrogen-bond acceptors (Lipinski definition) is 7. The van der Waals surface area contributed by atoms with Crippen molar-refractivity contribution in [2.75, 3.05) is 26.5 Å². The van der Waals surface area contributed by atoms with Gasteiger partial charge in [-0.15, -0.1) is 11.8 Å². The van der Waals surface area contributed by atoms with Gasteiger partial charge in [-0.3, -0.25) is 15.0 Å². The third-order valence-corrected chi connectivity index (χ3v) is 7.75. The Morgan fingerprint density at radius 1 is 1.29 bits per heavy atom. The van der Waals surface area contributed by atoms with Crippen LogP contribution < -0.4 is 5.14 Å². The highest BCUT2D eigenvalue weighted by atomic mass is 32.2. The van der Waals surface area contributed by atoms with Crippen LogP contribution in [0.1, 0.15) is 26.2 Å². The summed E-state index contributed by atoms with van der Waals surface area (Å²) in [4.78, 5) is 14.1. The van der Waals surface area contributed by atoms with Crippen molar-refractivity contribution in [2.45, 2.75) is 41.6 Å². The monoisotopic (exact) mass is 428 g/mol. The van der Waals surface area contributed by atoms with Gasteiger partial charge in [0, 0.05) is 16.4 Å². The molecule has 1 unspecified atom stereocenters. The normalized spacial score (nSPS) is 25.4. The van der Waals surface area contributed by atoms with E-state index in [0.717, 1.165) is 4.90 Å². The Balaban J connectivity index is 2.48. The molecular formula is C18H28N4O4S2. The van der Waals surface area contributed by atoms with Gasteiger partial charge in [0.2, 0.25) is 10.0 Å². The predicted octanol–water partition coefficient (Wildman–Crippen LogP) is 2.32. The van der Waals surface area contributed by atoms with Crippen molar-refractivity contribution in [2.24, 2.45) is 5.14 Å². The second-order valence-corrected chi connectivity index (χ2v) is 9.97. The molecule has 0 heterocycles. The summed E-state index contributed by atoms with van der Waals surface area (Å²) < 4.78 is 25.6. The van der Waals surface area contributed by atoms with Crippen LogP contribution in [-0.2, 0) is 10.0 Å². The van der Waals surface area contributed by atoms with Crippen molar-refractivity contribution in [3.05, 3.63) is 52.6 Å². The topological polar surface area (TPSA) is 110 Å². The van der Waals surface area contributed by atoms with Gasteiger partial charge in [-0.2, -0.15) is 0 Å². The standard InChI is InChI=1S/C18H28N4O4S2/c1-4-13-21(15-27-16-9-6-5-7-10-16)18(28(19,25)26)12-8-11-17(14-18,20(2)3)22(23)24/h5-10,12H,4,11,13-15H2,1-3H3,(H2,19,25,26)/t17?,18-/m0/s1. The Kier molecular flexibility index (Phi) is 7.27. The first-order valence-electron chi connectivity index (χ1n) is 9.04. The number of benzene rings is 1. The summed E-state index contributed by atoms with van der Waals surface area (Å²) in [5, 5.41) is 17.7. The van der Waals surface area contributed by atoms with Crippen molar-refractivity contribution < 1.29 is 13.3 Å². The maximum Gasteiger partial charge on any atom is 0.283 e. The van der Waals surface area contributed by atoms with E-state index in [9.17, 15) is 18.5 Å². The lowest BCUT2D eigenvalue weighted by molar-refractivity contribution is -0.601. The van der Waals surface area contributed by atoms with E-state index in [1.165, 1.54) is 22.7 Å². The van der Waals surface area contributed by atoms with Crippen LogP contribution in [0.2, 0.25) is 0 Å². The molecule has 2 N–H and O–H groups in total. The van der Waals surface area contributed by atoms with E-state index in [1.807, 2.05) is 37.3 Å². The average molecular weight is 429 g/mol. The fourth-order valence-electron chi connectivity index (χ4n) is 3.51. The molecule has 1 aliphatic carbocycles. The maximum absolute atomic E-state index is 12.8. The zero-order valence-corrected chi connectivity index (χ0v) is 18.1. The van der Waals surface area contributed by atoms with E-state index in [-0.39, 0.29) is 12.8 Å². The molecule has 2 atom stereocenters. The van der Waals surface area contributed by atoms with Crippen LogP contribution in [-0.4, -0.2) is 60.2 Å². The number of nitrogens with two attached hydrogens (primary N) is 1. The largest absolute Gasteiger partial charge is 0.283 e. The first-order valence-corrected chi connectivity index (χ1v) is 11.6. The molecule has 0 radical (unpaired) electrons. The zero-order valence-electron chi connectivity index (χ0n) is 16.4. The maximum atomic E-state index is 12.8. The van der Waals surface area contributed by atoms with Crippen LogP contribution in [0.25, 0.3) is 0 Å². The highest BCUT2D eigenvalue weighted by Crippen LogP contribution is 2.41. The third-order valence-electron chi connectivity index (χ3n) is 5.18. The van der Waals surface area contributed by atoms with Crippen LogP contribution >= 0.6 is 11.8 Å². The summed E-state index contributed by atoms with van der Waals surface area (Å²) in [7, 11) is -0.965. The second-order valence-electron chi connectivity index (χ2n) is 7.16. The van der Waals surface area contributed by atoms with Crippen molar-refractivity contribution >= 4 is 21.8 Å². The average Bonchev–Trinajstić information content (AvgIpc) is 2.64. The highest BCUT2D eigenvalue weighted by Gasteiger charge is 2.59. The zero-order chi connectivity index (χ0) is 21.0. The van der Waals surface area contributed by atoms with E-state index in [4.69, 9.17) is 5.14 Å². The lowest BCUT2D eigenvalue weighted by Crippen LogP contribution is -2.65. The van der Waals surface area contributed by atoms with Gasteiger partial charge in [-0.1, -0.05) is 37.3 Å². The van der Waals surface area contributed by atoms with E-state index >= 15 is 0 Å². The summed E-state index contributed by atoms with van der Waals surface area (Å²) in [5.41, 5.74) is -1.54. The van der Waals surface area contributed by atoms with Gasteiger partial charge in [-0.25, -0.2) is 18.5 Å². The summed E-state index contributed by atoms with van der Waals surface area (Å²) in [6, 6.07) is 9.61. The Labute approximate surface area is 171 Å². The number of thioether (sulfide) groups is 1. The van der Waals surface area contributed by atoms with Crippen molar-refractivity contribution in [3.8, 4) is 0 Å². The molecule has 0 bridgehead atoms. The van der Waals surface area contributed by atoms with Gasteiger partial charge >= 0.3 is 0 Å². The minimum absolute atomic E-state index is 0.121. The first-order chi connectivity index (χ1) is 13.1. The lowest BCUT2D eigenvalue weighted by Gasteiger charge is -2.46. The minimum Gasteiger partial charge on any atom is -0.270 e. The number of hydrogen-bond donors (Lipinski definition) is 1. The minimum atomic E-state index is -4.16. The Morgan fingerprint density at radius 2 is 1.93 bits per heavy atom. The summed E-state index contributed by atoms with van der Waals surface area (Å²) in [6.07, 6.45) is 3.69. The van der Waals surface area contributed by atoms with Gasteiger partial charge in [-0.05, 0) is 32.6 Å². The SMILES string of the molecule is CCCN(CSc1ccccc1)[C@]1(S(N)(=O)=O)C=CCC(N(C)C)([N+](=O)[O-])C1. The predicted molar refractivity (Wildman–Crippen MR) is 112 cm³/mol. The molecular weight excluding hydrogens is 400 g/mol. The Morgan fingerprint density at radius 3 is 2.43 bits per heavy atom.